The van der Waals surface area contributed by atoms with E-state index in [1.165, 1.54) is 0 Å². The molecule has 2 rings (SSSR count). The number of amides is 1. The molecule has 1 saturated heterocycles. The minimum atomic E-state index is -0.0550. The maximum absolute atomic E-state index is 12.0. The van der Waals surface area contributed by atoms with Gasteiger partial charge in [-0.1, -0.05) is 12.1 Å². The second-order valence-electron chi connectivity index (χ2n) is 4.17. The first-order valence-electron chi connectivity index (χ1n) is 5.27. The van der Waals surface area contributed by atoms with Gasteiger partial charge in [-0.3, -0.25) is 4.79 Å². The Kier molecular flexibility index (Phi) is 2.70. The van der Waals surface area contributed by atoms with E-state index in [1.807, 2.05) is 4.90 Å². The molecule has 0 aromatic carbocycles. The topological polar surface area (TPSA) is 59.2 Å². The van der Waals surface area contributed by atoms with Crippen molar-refractivity contribution in [2.45, 2.75) is 26.7 Å². The van der Waals surface area contributed by atoms with E-state index >= 15 is 0 Å². The first-order chi connectivity index (χ1) is 7.18. The molecular weight excluding hydrogens is 194 g/mol. The molecule has 0 unspecified atom stereocenters. The summed E-state index contributed by atoms with van der Waals surface area (Å²) in [5, 5.41) is 7.25. The van der Waals surface area contributed by atoms with Gasteiger partial charge in [0.15, 0.2) is 5.69 Å². The highest BCUT2D eigenvalue weighted by molar-refractivity contribution is 5.93. The number of nitrogens with zero attached hydrogens (tertiary/aromatic N) is 3. The molecule has 1 aliphatic rings. The molecule has 1 aromatic rings. The summed E-state index contributed by atoms with van der Waals surface area (Å²) in [7, 11) is 0. The third-order valence-corrected chi connectivity index (χ3v) is 2.93. The lowest BCUT2D eigenvalue weighted by Gasteiger charge is -2.29. The minimum Gasteiger partial charge on any atom is -0.337 e. The monoisotopic (exact) mass is 209 g/mol. The van der Waals surface area contributed by atoms with E-state index in [1.54, 1.807) is 6.92 Å². The Labute approximate surface area is 88.4 Å². The largest absolute Gasteiger partial charge is 0.337 e. The van der Waals surface area contributed by atoms with Crippen LogP contribution in [0.5, 0.6) is 0 Å². The molecule has 0 saturated carbocycles. The van der Waals surface area contributed by atoms with E-state index in [2.05, 4.69) is 21.9 Å². The van der Waals surface area contributed by atoms with E-state index in [0.29, 0.717) is 17.3 Å². The molecule has 1 amide bonds. The molecule has 0 bridgehead atoms. The zero-order chi connectivity index (χ0) is 10.8. The normalized spacial score (nSPS) is 18.1. The smallest absolute Gasteiger partial charge is 0.278 e. The van der Waals surface area contributed by atoms with Crippen molar-refractivity contribution in [3.05, 3.63) is 11.4 Å². The van der Waals surface area contributed by atoms with Crippen molar-refractivity contribution in [1.29, 1.82) is 0 Å². The van der Waals surface area contributed by atoms with Crippen molar-refractivity contribution in [2.24, 2.45) is 5.92 Å². The van der Waals surface area contributed by atoms with Gasteiger partial charge in [-0.25, -0.2) is 4.63 Å². The van der Waals surface area contributed by atoms with Gasteiger partial charge in [0, 0.05) is 13.1 Å². The predicted octanol–water partition coefficient (Wildman–Crippen LogP) is 1.25. The van der Waals surface area contributed by atoms with E-state index in [9.17, 15) is 4.79 Å². The fourth-order valence-corrected chi connectivity index (χ4v) is 1.79. The molecule has 0 aliphatic carbocycles. The molecule has 5 heteroatoms. The van der Waals surface area contributed by atoms with Gasteiger partial charge in [-0.05, 0) is 30.8 Å². The second kappa shape index (κ2) is 4.00. The van der Waals surface area contributed by atoms with Crippen molar-refractivity contribution < 1.29 is 9.42 Å². The fraction of sp³-hybridized carbons (Fsp3) is 0.700. The summed E-state index contributed by atoms with van der Waals surface area (Å²) in [4.78, 5) is 13.8. The second-order valence-corrected chi connectivity index (χ2v) is 4.17. The summed E-state index contributed by atoms with van der Waals surface area (Å²) in [6.07, 6.45) is 2.13. The van der Waals surface area contributed by atoms with Crippen molar-refractivity contribution in [2.75, 3.05) is 13.1 Å². The van der Waals surface area contributed by atoms with Gasteiger partial charge in [0.25, 0.3) is 5.91 Å². The summed E-state index contributed by atoms with van der Waals surface area (Å²) >= 11 is 0. The highest BCUT2D eigenvalue weighted by Crippen LogP contribution is 2.18. The fourth-order valence-electron chi connectivity index (χ4n) is 1.79. The van der Waals surface area contributed by atoms with Crippen LogP contribution in [0.1, 0.15) is 35.9 Å². The summed E-state index contributed by atoms with van der Waals surface area (Å²) in [5.41, 5.74) is 0.920. The Morgan fingerprint density at radius 1 is 1.40 bits per heavy atom. The number of aromatic nitrogens is 2. The number of carbonyl (C=O) groups excluding carboxylic acids is 1. The molecule has 0 radical (unpaired) electrons. The minimum absolute atomic E-state index is 0.0550. The third-order valence-electron chi connectivity index (χ3n) is 2.93. The van der Waals surface area contributed by atoms with Gasteiger partial charge < -0.3 is 4.90 Å². The maximum Gasteiger partial charge on any atom is 0.278 e. The van der Waals surface area contributed by atoms with Gasteiger partial charge >= 0.3 is 0 Å². The number of hydrogen-bond acceptors (Lipinski definition) is 4. The van der Waals surface area contributed by atoms with Crippen molar-refractivity contribution in [1.82, 2.24) is 15.2 Å². The number of hydrogen-bond donors (Lipinski definition) is 0. The molecule has 1 aliphatic heterocycles. The molecule has 1 aromatic heterocycles. The van der Waals surface area contributed by atoms with Crippen LogP contribution in [0, 0.1) is 12.8 Å². The first-order valence-corrected chi connectivity index (χ1v) is 5.27. The first kappa shape index (κ1) is 10.1. The number of carbonyl (C=O) groups is 1. The molecular formula is C10H15N3O2. The zero-order valence-electron chi connectivity index (χ0n) is 9.06. The Morgan fingerprint density at radius 2 is 2.07 bits per heavy atom. The van der Waals surface area contributed by atoms with E-state index < -0.39 is 0 Å². The molecule has 0 atom stereocenters. The van der Waals surface area contributed by atoms with Crippen LogP contribution in [0.2, 0.25) is 0 Å². The number of rotatable bonds is 1. The van der Waals surface area contributed by atoms with Gasteiger partial charge in [0.05, 0.1) is 0 Å². The van der Waals surface area contributed by atoms with Crippen molar-refractivity contribution in [3.8, 4) is 0 Å². The summed E-state index contributed by atoms with van der Waals surface area (Å²) < 4.78 is 4.53. The Balaban J connectivity index is 2.06. The molecule has 0 spiro atoms. The lowest BCUT2D eigenvalue weighted by Crippen LogP contribution is -2.38. The quantitative estimate of drug-likeness (QED) is 0.698. The van der Waals surface area contributed by atoms with Crippen LogP contribution in [0.15, 0.2) is 4.63 Å². The average Bonchev–Trinajstić information content (AvgIpc) is 2.65. The van der Waals surface area contributed by atoms with Crippen LogP contribution in [0.4, 0.5) is 0 Å². The van der Waals surface area contributed by atoms with Gasteiger partial charge in [-0.2, -0.15) is 0 Å². The Morgan fingerprint density at radius 3 is 2.60 bits per heavy atom. The molecule has 15 heavy (non-hydrogen) atoms. The number of piperidine rings is 1. The highest BCUT2D eigenvalue weighted by Gasteiger charge is 2.25. The van der Waals surface area contributed by atoms with E-state index in [-0.39, 0.29) is 5.91 Å². The molecule has 2 heterocycles. The van der Waals surface area contributed by atoms with Crippen molar-refractivity contribution in [3.63, 3.8) is 0 Å². The number of aryl methyl sites for hydroxylation is 1. The summed E-state index contributed by atoms with van der Waals surface area (Å²) in [6.45, 7) is 5.57. The van der Waals surface area contributed by atoms with Crippen LogP contribution < -0.4 is 0 Å². The SMILES string of the molecule is Cc1nonc1C(=O)N1CCC(C)CC1. The molecule has 1 fully saturated rings. The average molecular weight is 209 g/mol. The van der Waals surface area contributed by atoms with Crippen LogP contribution >= 0.6 is 0 Å². The lowest BCUT2D eigenvalue weighted by molar-refractivity contribution is 0.0685. The highest BCUT2D eigenvalue weighted by atomic mass is 16.6. The zero-order valence-corrected chi connectivity index (χ0v) is 9.06. The molecule has 0 N–H and O–H groups in total. The van der Waals surface area contributed by atoms with Crippen LogP contribution in [-0.2, 0) is 0 Å². The Hall–Kier alpha value is -1.39. The maximum atomic E-state index is 12.0. The summed E-state index contributed by atoms with van der Waals surface area (Å²) in [6, 6.07) is 0. The Bertz CT molecular complexity index is 353. The van der Waals surface area contributed by atoms with Crippen LogP contribution in [-0.4, -0.2) is 34.2 Å². The van der Waals surface area contributed by atoms with Gasteiger partial charge in [0.2, 0.25) is 0 Å². The van der Waals surface area contributed by atoms with Crippen molar-refractivity contribution >= 4 is 5.91 Å². The predicted molar refractivity (Wildman–Crippen MR) is 53.3 cm³/mol. The van der Waals surface area contributed by atoms with Crippen LogP contribution in [0.25, 0.3) is 0 Å². The standard InChI is InChI=1S/C10H15N3O2/c1-7-3-5-13(6-4-7)10(14)9-8(2)11-15-12-9/h7H,3-6H2,1-2H3. The van der Waals surface area contributed by atoms with Gasteiger partial charge in [0.1, 0.15) is 5.69 Å². The van der Waals surface area contributed by atoms with Crippen LogP contribution in [0.3, 0.4) is 0 Å². The summed E-state index contributed by atoms with van der Waals surface area (Å²) in [5.74, 6) is 0.659. The third kappa shape index (κ3) is 2.00. The van der Waals surface area contributed by atoms with Gasteiger partial charge in [-0.15, -0.1) is 0 Å². The lowest BCUT2D eigenvalue weighted by atomic mass is 9.99. The molecule has 5 nitrogen and oxygen atoms in total. The molecule has 82 valence electrons. The number of likely N-dealkylation sites (tertiary alicyclic amines) is 1. The van der Waals surface area contributed by atoms with E-state index in [0.717, 1.165) is 25.9 Å². The van der Waals surface area contributed by atoms with E-state index in [4.69, 9.17) is 0 Å².